The number of carbonyl (C=O) groups is 2. The molecule has 1 unspecified atom stereocenters. The molecule has 2 amide bonds. The first-order chi connectivity index (χ1) is 12.2. The van der Waals surface area contributed by atoms with E-state index in [0.717, 1.165) is 31.2 Å². The highest BCUT2D eigenvalue weighted by Gasteiger charge is 2.34. The number of oxime groups is 1. The van der Waals surface area contributed by atoms with E-state index in [2.05, 4.69) is 15.8 Å². The van der Waals surface area contributed by atoms with Gasteiger partial charge in [0.1, 0.15) is 5.00 Å². The van der Waals surface area contributed by atoms with E-state index in [1.54, 1.807) is 6.21 Å². The fraction of sp³-hybridized carbons (Fsp3) is 0.611. The second-order valence-corrected chi connectivity index (χ2v) is 8.50. The molecule has 2 fully saturated rings. The van der Waals surface area contributed by atoms with Crippen LogP contribution < -0.4 is 10.6 Å². The molecular weight excluding hydrogens is 338 g/mol. The minimum absolute atomic E-state index is 0.0308. The summed E-state index contributed by atoms with van der Waals surface area (Å²) in [7, 11) is 0. The third-order valence-electron chi connectivity index (χ3n) is 5.24. The summed E-state index contributed by atoms with van der Waals surface area (Å²) in [6.07, 6.45) is 8.22. The Morgan fingerprint density at radius 3 is 2.72 bits per heavy atom. The van der Waals surface area contributed by atoms with Crippen LogP contribution in [-0.4, -0.2) is 29.8 Å². The van der Waals surface area contributed by atoms with Crippen molar-refractivity contribution in [1.29, 1.82) is 0 Å². The van der Waals surface area contributed by atoms with Gasteiger partial charge in [0.15, 0.2) is 0 Å². The molecule has 0 spiro atoms. The first kappa shape index (κ1) is 16.6. The van der Waals surface area contributed by atoms with Gasteiger partial charge < -0.3 is 15.8 Å². The van der Waals surface area contributed by atoms with E-state index in [1.807, 2.05) is 0 Å². The highest BCUT2D eigenvalue weighted by atomic mass is 32.1. The quantitative estimate of drug-likeness (QED) is 0.413. The van der Waals surface area contributed by atoms with E-state index in [0.29, 0.717) is 29.4 Å². The summed E-state index contributed by atoms with van der Waals surface area (Å²) < 4.78 is 0. The van der Waals surface area contributed by atoms with Gasteiger partial charge in [-0.2, -0.15) is 0 Å². The molecule has 1 aromatic rings. The number of aryl methyl sites for hydroxylation is 1. The van der Waals surface area contributed by atoms with Crippen LogP contribution in [0.3, 0.4) is 0 Å². The van der Waals surface area contributed by atoms with Crippen LogP contribution in [0.4, 0.5) is 5.00 Å². The summed E-state index contributed by atoms with van der Waals surface area (Å²) in [5.41, 5.74) is 1.64. The molecule has 0 radical (unpaired) electrons. The summed E-state index contributed by atoms with van der Waals surface area (Å²) >= 11 is 1.53. The zero-order valence-electron chi connectivity index (χ0n) is 14.1. The Bertz CT molecular complexity index is 719. The van der Waals surface area contributed by atoms with Gasteiger partial charge in [-0.1, -0.05) is 0 Å². The van der Waals surface area contributed by atoms with E-state index in [9.17, 15) is 9.59 Å². The second kappa shape index (κ2) is 6.78. The summed E-state index contributed by atoms with van der Waals surface area (Å²) in [4.78, 5) is 26.2. The highest BCUT2D eigenvalue weighted by Crippen LogP contribution is 2.41. The van der Waals surface area contributed by atoms with Gasteiger partial charge in [-0.15, -0.1) is 16.5 Å². The van der Waals surface area contributed by atoms with Crippen molar-refractivity contribution >= 4 is 34.4 Å². The topological polar surface area (TPSA) is 90.8 Å². The first-order valence-electron chi connectivity index (χ1n) is 9.07. The molecule has 4 rings (SSSR count). The van der Waals surface area contributed by atoms with Crippen LogP contribution in [-0.2, 0) is 17.6 Å². The molecule has 25 heavy (non-hydrogen) atoms. The molecule has 3 aliphatic carbocycles. The average Bonchev–Trinajstić information content (AvgIpc) is 3.49. The third-order valence-corrected chi connectivity index (χ3v) is 6.44. The maximum atomic E-state index is 12.8. The molecule has 3 N–H and O–H groups in total. The Morgan fingerprint density at radius 2 is 2.04 bits per heavy atom. The predicted octanol–water partition coefficient (Wildman–Crippen LogP) is 2.80. The van der Waals surface area contributed by atoms with E-state index >= 15 is 0 Å². The molecule has 0 bridgehead atoms. The number of fused-ring (bicyclic) bond motifs is 1. The van der Waals surface area contributed by atoms with Gasteiger partial charge in [-0.3, -0.25) is 9.59 Å². The van der Waals surface area contributed by atoms with Gasteiger partial charge in [0.05, 0.1) is 5.56 Å². The smallest absolute Gasteiger partial charge is 0.254 e. The van der Waals surface area contributed by atoms with Crippen molar-refractivity contribution < 1.29 is 14.8 Å². The van der Waals surface area contributed by atoms with Crippen LogP contribution in [0.25, 0.3) is 0 Å². The second-order valence-electron chi connectivity index (χ2n) is 7.39. The lowest BCUT2D eigenvalue weighted by Crippen LogP contribution is -2.28. The molecule has 2 saturated carbocycles. The SMILES string of the molecule is O=C(NCC1CC1)c1c(NC(=O)C2CC2)sc2c1CC(C=NO)CC2. The van der Waals surface area contributed by atoms with Crippen molar-refractivity contribution in [2.24, 2.45) is 22.9 Å². The van der Waals surface area contributed by atoms with Crippen LogP contribution in [0.1, 0.15) is 52.9 Å². The lowest BCUT2D eigenvalue weighted by atomic mass is 9.87. The predicted molar refractivity (Wildman–Crippen MR) is 96.5 cm³/mol. The van der Waals surface area contributed by atoms with Crippen molar-refractivity contribution in [2.75, 3.05) is 11.9 Å². The van der Waals surface area contributed by atoms with Crippen LogP contribution in [0.2, 0.25) is 0 Å². The lowest BCUT2D eigenvalue weighted by molar-refractivity contribution is -0.117. The van der Waals surface area contributed by atoms with E-state index < -0.39 is 0 Å². The van der Waals surface area contributed by atoms with Crippen LogP contribution in [0, 0.1) is 17.8 Å². The van der Waals surface area contributed by atoms with Crippen LogP contribution in [0.15, 0.2) is 5.16 Å². The molecule has 134 valence electrons. The molecule has 1 aromatic heterocycles. The molecule has 0 aromatic carbocycles. The molecule has 1 heterocycles. The number of rotatable bonds is 6. The number of nitrogens with one attached hydrogen (secondary N) is 2. The van der Waals surface area contributed by atoms with Gasteiger partial charge in [0.25, 0.3) is 5.91 Å². The standard InChI is InChI=1S/C18H23N3O3S/c22-16(12-4-5-12)21-18-15(17(23)19-8-10-1-2-10)13-7-11(9-20-24)3-6-14(13)25-18/h9-12,24H,1-8H2,(H,19,23)(H,21,22). The molecule has 3 aliphatic rings. The van der Waals surface area contributed by atoms with Crippen molar-refractivity contribution in [3.63, 3.8) is 0 Å². The maximum absolute atomic E-state index is 12.8. The zero-order valence-corrected chi connectivity index (χ0v) is 14.9. The van der Waals surface area contributed by atoms with Crippen molar-refractivity contribution in [1.82, 2.24) is 5.32 Å². The number of carbonyl (C=O) groups excluding carboxylic acids is 2. The van der Waals surface area contributed by atoms with Crippen molar-refractivity contribution in [2.45, 2.75) is 44.9 Å². The first-order valence-corrected chi connectivity index (χ1v) is 9.88. The van der Waals surface area contributed by atoms with Crippen LogP contribution in [0.5, 0.6) is 0 Å². The number of nitrogens with zero attached hydrogens (tertiary/aromatic N) is 1. The summed E-state index contributed by atoms with van der Waals surface area (Å²) in [6.45, 7) is 0.709. The van der Waals surface area contributed by atoms with Gasteiger partial charge in [0, 0.05) is 29.5 Å². The minimum Gasteiger partial charge on any atom is -0.411 e. The largest absolute Gasteiger partial charge is 0.411 e. The number of hydrogen-bond donors (Lipinski definition) is 3. The van der Waals surface area contributed by atoms with Gasteiger partial charge in [-0.25, -0.2) is 0 Å². The third kappa shape index (κ3) is 3.71. The summed E-state index contributed by atoms with van der Waals surface area (Å²) in [5.74, 6) is 0.794. The van der Waals surface area contributed by atoms with Gasteiger partial charge in [0.2, 0.25) is 5.91 Å². The van der Waals surface area contributed by atoms with Gasteiger partial charge >= 0.3 is 0 Å². The molecule has 0 aliphatic heterocycles. The Hall–Kier alpha value is -1.89. The molecule has 7 heteroatoms. The fourth-order valence-electron chi connectivity index (χ4n) is 3.37. The van der Waals surface area contributed by atoms with Crippen molar-refractivity contribution in [3.05, 3.63) is 16.0 Å². The van der Waals surface area contributed by atoms with E-state index in [4.69, 9.17) is 5.21 Å². The summed E-state index contributed by atoms with van der Waals surface area (Å²) in [6, 6.07) is 0. The highest BCUT2D eigenvalue weighted by molar-refractivity contribution is 7.17. The number of hydrogen-bond acceptors (Lipinski definition) is 5. The monoisotopic (exact) mass is 361 g/mol. The minimum atomic E-state index is -0.0860. The van der Waals surface area contributed by atoms with E-state index in [-0.39, 0.29) is 23.7 Å². The van der Waals surface area contributed by atoms with E-state index in [1.165, 1.54) is 29.1 Å². The zero-order chi connectivity index (χ0) is 17.4. The maximum Gasteiger partial charge on any atom is 0.254 e. The van der Waals surface area contributed by atoms with Crippen molar-refractivity contribution in [3.8, 4) is 0 Å². The molecular formula is C18H23N3O3S. The Balaban J connectivity index is 1.60. The number of anilines is 1. The average molecular weight is 361 g/mol. The number of amides is 2. The lowest BCUT2D eigenvalue weighted by Gasteiger charge is -2.19. The van der Waals surface area contributed by atoms with Crippen LogP contribution >= 0.6 is 11.3 Å². The van der Waals surface area contributed by atoms with Gasteiger partial charge in [-0.05, 0) is 56.4 Å². The number of thiophene rings is 1. The Morgan fingerprint density at radius 1 is 1.24 bits per heavy atom. The Labute approximate surface area is 150 Å². The molecule has 0 saturated heterocycles. The Kier molecular flexibility index (Phi) is 4.50. The molecule has 1 atom stereocenters. The molecule has 6 nitrogen and oxygen atoms in total. The fourth-order valence-corrected chi connectivity index (χ4v) is 4.61. The normalized spacial score (nSPS) is 22.6. The summed E-state index contributed by atoms with van der Waals surface area (Å²) in [5, 5.41) is 18.7.